The predicted molar refractivity (Wildman–Crippen MR) is 274 cm³/mol. The van der Waals surface area contributed by atoms with Crippen LogP contribution in [0.2, 0.25) is 0 Å². The Morgan fingerprint density at radius 2 is 0.824 bits per heavy atom. The number of nitrogens with zero attached hydrogens (tertiary/aromatic N) is 2. The van der Waals surface area contributed by atoms with Gasteiger partial charge in [0.05, 0.1) is 22.7 Å². The van der Waals surface area contributed by atoms with Gasteiger partial charge >= 0.3 is 0 Å². The number of para-hydroxylation sites is 3. The van der Waals surface area contributed by atoms with E-state index in [1.165, 1.54) is 29.3 Å². The van der Waals surface area contributed by atoms with Crippen molar-refractivity contribution in [1.82, 2.24) is 0 Å². The van der Waals surface area contributed by atoms with E-state index in [-0.39, 0.29) is 28.2 Å². The van der Waals surface area contributed by atoms with Crippen LogP contribution in [0.3, 0.4) is 0 Å². The van der Waals surface area contributed by atoms with E-state index < -0.39 is 39.8 Å². The molecule has 6 heteroatoms. The van der Waals surface area contributed by atoms with Crippen LogP contribution in [-0.4, -0.2) is 11.1 Å². The summed E-state index contributed by atoms with van der Waals surface area (Å²) in [5.41, 5.74) is 10.8. The van der Waals surface area contributed by atoms with Crippen molar-refractivity contribution in [3.63, 3.8) is 0 Å². The zero-order chi connectivity index (χ0) is 48.2. The van der Waals surface area contributed by atoms with Gasteiger partial charge in [-0.25, -0.2) is 17.6 Å². The lowest BCUT2D eigenvalue weighted by Crippen LogP contribution is -2.39. The summed E-state index contributed by atoms with van der Waals surface area (Å²) in [6, 6.07) is 48.8. The third-order valence-corrected chi connectivity index (χ3v) is 14.3. The van der Waals surface area contributed by atoms with Gasteiger partial charge in [-0.15, -0.1) is 0 Å². The molecule has 0 atom stereocenters. The highest BCUT2D eigenvalue weighted by Crippen LogP contribution is 2.58. The smallest absolute Gasteiger partial charge is 0.155 e. The Labute approximate surface area is 398 Å². The number of halogens is 4. The molecule has 0 unspecified atom stereocenters. The maximum atomic E-state index is 18.9. The molecule has 68 heavy (non-hydrogen) atoms. The zero-order valence-corrected chi connectivity index (χ0v) is 40.4. The quantitative estimate of drug-likeness (QED) is 0.147. The molecule has 10 rings (SSSR count). The third-order valence-electron chi connectivity index (χ3n) is 14.3. The van der Waals surface area contributed by atoms with Crippen LogP contribution in [-0.2, 0) is 10.8 Å². The SMILES string of the molecule is CC1(C)c2ccccc2-c2ccc(-c3ccc(-c4ccc(-c5cccc(F)c5N(c5ccccc5F)C(C)(C)C)c5c4-c4ccccc4C5(C)C)c(F)c3N(c3ccccc3F)C(C)(C)C)cc21. The minimum absolute atomic E-state index is 0.246. The largest absolute Gasteiger partial charge is 0.331 e. The summed E-state index contributed by atoms with van der Waals surface area (Å²) in [4.78, 5) is 3.55. The van der Waals surface area contributed by atoms with Crippen LogP contribution < -0.4 is 9.80 Å². The van der Waals surface area contributed by atoms with Gasteiger partial charge in [-0.05, 0) is 139 Å². The minimum Gasteiger partial charge on any atom is -0.331 e. The number of rotatable bonds is 7. The van der Waals surface area contributed by atoms with Crippen molar-refractivity contribution in [2.24, 2.45) is 0 Å². The summed E-state index contributed by atoms with van der Waals surface area (Å²) in [5.74, 6) is -1.92. The molecular formula is C62H56F4N2. The lowest BCUT2D eigenvalue weighted by atomic mass is 9.77. The average Bonchev–Trinajstić information content (AvgIpc) is 3.67. The van der Waals surface area contributed by atoms with Gasteiger partial charge in [0.2, 0.25) is 0 Å². The molecule has 0 spiro atoms. The Kier molecular flexibility index (Phi) is 10.5. The lowest BCUT2D eigenvalue weighted by molar-refractivity contribution is 0.527. The van der Waals surface area contributed by atoms with Crippen molar-refractivity contribution < 1.29 is 17.6 Å². The highest BCUT2D eigenvalue weighted by molar-refractivity contribution is 6.01. The topological polar surface area (TPSA) is 6.48 Å². The normalized spacial score (nSPS) is 14.3. The lowest BCUT2D eigenvalue weighted by Gasteiger charge is -2.40. The summed E-state index contributed by atoms with van der Waals surface area (Å²) in [5, 5.41) is 0. The van der Waals surface area contributed by atoms with E-state index in [2.05, 4.69) is 82.3 Å². The van der Waals surface area contributed by atoms with Gasteiger partial charge in [0.25, 0.3) is 0 Å². The Bertz CT molecular complexity index is 3330. The monoisotopic (exact) mass is 904 g/mol. The maximum absolute atomic E-state index is 18.9. The molecule has 0 saturated carbocycles. The molecule has 0 aromatic heterocycles. The second-order valence-corrected chi connectivity index (χ2v) is 21.4. The van der Waals surface area contributed by atoms with Gasteiger partial charge < -0.3 is 9.80 Å². The van der Waals surface area contributed by atoms with Crippen LogP contribution in [0.1, 0.15) is 91.5 Å². The zero-order valence-electron chi connectivity index (χ0n) is 40.4. The summed E-state index contributed by atoms with van der Waals surface area (Å²) in [6.45, 7) is 20.5. The molecule has 0 aliphatic heterocycles. The van der Waals surface area contributed by atoms with Gasteiger partial charge in [-0.3, -0.25) is 0 Å². The Morgan fingerprint density at radius 1 is 0.368 bits per heavy atom. The second-order valence-electron chi connectivity index (χ2n) is 21.4. The molecule has 8 aromatic rings. The molecule has 0 N–H and O–H groups in total. The highest BCUT2D eigenvalue weighted by Gasteiger charge is 2.42. The third kappa shape index (κ3) is 6.89. The van der Waals surface area contributed by atoms with Crippen molar-refractivity contribution in [2.45, 2.75) is 91.1 Å². The molecule has 2 aliphatic rings. The highest BCUT2D eigenvalue weighted by atomic mass is 19.1. The molecule has 342 valence electrons. The van der Waals surface area contributed by atoms with Crippen LogP contribution in [0.15, 0.2) is 158 Å². The first-order valence-electron chi connectivity index (χ1n) is 23.5. The van der Waals surface area contributed by atoms with Crippen molar-refractivity contribution in [1.29, 1.82) is 0 Å². The van der Waals surface area contributed by atoms with Gasteiger partial charge in [0, 0.05) is 38.6 Å². The van der Waals surface area contributed by atoms with Gasteiger partial charge in [-0.2, -0.15) is 0 Å². The van der Waals surface area contributed by atoms with Crippen LogP contribution in [0.25, 0.3) is 55.6 Å². The number of hydrogen-bond acceptors (Lipinski definition) is 2. The van der Waals surface area contributed by atoms with E-state index in [0.29, 0.717) is 22.3 Å². The number of benzene rings is 8. The number of hydrogen-bond donors (Lipinski definition) is 0. The van der Waals surface area contributed by atoms with Crippen LogP contribution in [0, 0.1) is 23.3 Å². The fraction of sp³-hybridized carbons (Fsp3) is 0.226. The second kappa shape index (κ2) is 15.8. The first kappa shape index (κ1) is 44.9. The van der Waals surface area contributed by atoms with E-state index in [4.69, 9.17) is 0 Å². The maximum Gasteiger partial charge on any atom is 0.155 e. The minimum atomic E-state index is -0.798. The van der Waals surface area contributed by atoms with E-state index in [1.807, 2.05) is 84.0 Å². The molecule has 0 bridgehead atoms. The molecule has 0 saturated heterocycles. The number of anilines is 4. The number of fused-ring (bicyclic) bond motifs is 6. The van der Waals surface area contributed by atoms with Gasteiger partial charge in [0.1, 0.15) is 17.5 Å². The van der Waals surface area contributed by atoms with Crippen molar-refractivity contribution in [3.05, 3.63) is 203 Å². The molecule has 2 nitrogen and oxygen atoms in total. The predicted octanol–water partition coefficient (Wildman–Crippen LogP) is 17.7. The van der Waals surface area contributed by atoms with Crippen LogP contribution in [0.4, 0.5) is 40.3 Å². The van der Waals surface area contributed by atoms with Gasteiger partial charge in [-0.1, -0.05) is 149 Å². The summed E-state index contributed by atoms with van der Waals surface area (Å²) in [7, 11) is 0. The first-order valence-corrected chi connectivity index (χ1v) is 23.5. The molecular weight excluding hydrogens is 849 g/mol. The van der Waals surface area contributed by atoms with Crippen molar-refractivity contribution in [3.8, 4) is 55.6 Å². The van der Waals surface area contributed by atoms with E-state index >= 15 is 17.6 Å². The molecule has 0 heterocycles. The summed E-state index contributed by atoms with van der Waals surface area (Å²) < 4.78 is 68.0. The van der Waals surface area contributed by atoms with Crippen LogP contribution >= 0.6 is 0 Å². The van der Waals surface area contributed by atoms with Crippen LogP contribution in [0.5, 0.6) is 0 Å². The first-order chi connectivity index (χ1) is 32.2. The van der Waals surface area contributed by atoms with E-state index in [0.717, 1.165) is 44.5 Å². The molecule has 0 radical (unpaired) electrons. The Hall–Kier alpha value is -6.92. The summed E-state index contributed by atoms with van der Waals surface area (Å²) >= 11 is 0. The van der Waals surface area contributed by atoms with Crippen molar-refractivity contribution >= 4 is 22.7 Å². The van der Waals surface area contributed by atoms with E-state index in [1.54, 1.807) is 52.3 Å². The van der Waals surface area contributed by atoms with Crippen molar-refractivity contribution in [2.75, 3.05) is 9.80 Å². The summed E-state index contributed by atoms with van der Waals surface area (Å²) in [6.07, 6.45) is 0. The molecule has 2 aliphatic carbocycles. The van der Waals surface area contributed by atoms with E-state index in [9.17, 15) is 0 Å². The molecule has 0 fully saturated rings. The average molecular weight is 905 g/mol. The Balaban J connectivity index is 1.26. The molecule has 0 amide bonds. The Morgan fingerprint density at radius 3 is 1.44 bits per heavy atom. The standard InChI is InChI=1S/C62H56F4N2/c1-59(2,3)67(52-28-17-15-25-49(52)63)57-44(22-19-27-51(57)65)42-34-33-41(54-45-21-12-14-24-47(45)62(9,10)55(42)54)43-35-32-38(58(56(43)66)68(60(4,5)6)53-29-18-16-26-50(53)64)37-30-31-40-39-20-11-13-23-46(39)61(7,8)48(40)36-37/h11-36H,1-10H3. The fourth-order valence-corrected chi connectivity index (χ4v) is 11.3. The molecule has 8 aromatic carbocycles. The van der Waals surface area contributed by atoms with Gasteiger partial charge in [0.15, 0.2) is 5.82 Å². The fourth-order valence-electron chi connectivity index (χ4n) is 11.3.